The molecule has 4 atom stereocenters. The maximum absolute atomic E-state index is 13.2. The first kappa shape index (κ1) is 19.9. The van der Waals surface area contributed by atoms with E-state index in [1.165, 1.54) is 19.1 Å². The number of hydrogen-bond acceptors (Lipinski definition) is 5. The van der Waals surface area contributed by atoms with Crippen LogP contribution in [0.3, 0.4) is 0 Å². The van der Waals surface area contributed by atoms with Gasteiger partial charge in [-0.05, 0) is 42.5 Å². The molecule has 3 aliphatic heterocycles. The zero-order chi connectivity index (χ0) is 21.8. The Balaban J connectivity index is 1.62. The van der Waals surface area contributed by atoms with E-state index < -0.39 is 23.3 Å². The van der Waals surface area contributed by atoms with Gasteiger partial charge in [-0.25, -0.2) is 0 Å². The number of benzene rings is 2. The number of nitrogens with zero attached hydrogens (tertiary/aromatic N) is 2. The zero-order valence-corrected chi connectivity index (χ0v) is 17.8. The Morgan fingerprint density at radius 1 is 0.968 bits per heavy atom. The van der Waals surface area contributed by atoms with Gasteiger partial charge >= 0.3 is 5.97 Å². The molecule has 6 heteroatoms. The highest BCUT2D eigenvalue weighted by Gasteiger charge is 2.72. The number of piperidine rings is 1. The molecule has 2 amide bonds. The lowest BCUT2D eigenvalue weighted by molar-refractivity contribution is -0.163. The normalized spacial score (nSPS) is 30.3. The third-order valence-corrected chi connectivity index (χ3v) is 7.38. The van der Waals surface area contributed by atoms with Gasteiger partial charge in [0.25, 0.3) is 0 Å². The molecule has 0 N–H and O–H groups in total. The summed E-state index contributed by atoms with van der Waals surface area (Å²) in [6.45, 7) is 0.664. The van der Waals surface area contributed by atoms with E-state index in [1.54, 1.807) is 0 Å². The van der Waals surface area contributed by atoms with E-state index in [4.69, 9.17) is 4.74 Å². The average molecular weight is 418 g/mol. The van der Waals surface area contributed by atoms with Crippen LogP contribution < -0.4 is 0 Å². The van der Waals surface area contributed by atoms with Crippen molar-refractivity contribution in [3.05, 3.63) is 60.2 Å². The molecule has 3 heterocycles. The summed E-state index contributed by atoms with van der Waals surface area (Å²) in [5.41, 5.74) is 2.09. The molecular formula is C25H26N2O4. The standard InChI is InChI=1S/C25H26N2O4/c1-26-22(28)19-20(23(26)29)25(24(30)31-2)14-6-7-15-27(25)21(19)18-12-10-17(11-13-18)16-8-4-3-5-9-16/h3-5,8-13,19-21H,6-7,14-15H2,1-2H3/t19-,20-,21-,25+/m1/s1. The van der Waals surface area contributed by atoms with Crippen LogP contribution >= 0.6 is 0 Å². The van der Waals surface area contributed by atoms with E-state index in [-0.39, 0.29) is 17.9 Å². The maximum Gasteiger partial charge on any atom is 0.327 e. The summed E-state index contributed by atoms with van der Waals surface area (Å²) in [6, 6.07) is 17.9. The monoisotopic (exact) mass is 418 g/mol. The smallest absolute Gasteiger partial charge is 0.327 e. The van der Waals surface area contributed by atoms with Gasteiger partial charge in [0.1, 0.15) is 5.54 Å². The van der Waals surface area contributed by atoms with Crippen molar-refractivity contribution >= 4 is 17.8 Å². The van der Waals surface area contributed by atoms with Crippen molar-refractivity contribution < 1.29 is 19.1 Å². The fourth-order valence-electron chi connectivity index (χ4n) is 6.00. The SMILES string of the molecule is COC(=O)[C@@]12CCCCN1[C@H](c1ccc(-c3ccccc3)cc1)[C@@H]1C(=O)N(C)C(=O)[C@@H]12. The largest absolute Gasteiger partial charge is 0.468 e. The van der Waals surface area contributed by atoms with Crippen molar-refractivity contribution in [2.75, 3.05) is 20.7 Å². The Bertz CT molecular complexity index is 1040. The average Bonchev–Trinajstić information content (AvgIpc) is 3.25. The van der Waals surface area contributed by atoms with Gasteiger partial charge in [-0.3, -0.25) is 24.2 Å². The van der Waals surface area contributed by atoms with Gasteiger partial charge in [-0.1, -0.05) is 54.6 Å². The first-order valence-corrected chi connectivity index (χ1v) is 10.8. The Kier molecular flexibility index (Phi) is 4.70. The van der Waals surface area contributed by atoms with Gasteiger partial charge in [0.2, 0.25) is 11.8 Å². The summed E-state index contributed by atoms with van der Waals surface area (Å²) in [7, 11) is 2.89. The molecule has 6 nitrogen and oxygen atoms in total. The number of hydrogen-bond donors (Lipinski definition) is 0. The number of esters is 1. The number of carbonyl (C=O) groups is 3. The number of imide groups is 1. The quantitative estimate of drug-likeness (QED) is 0.566. The highest BCUT2D eigenvalue weighted by molar-refractivity contribution is 6.09. The van der Waals surface area contributed by atoms with Gasteiger partial charge in [-0.15, -0.1) is 0 Å². The maximum atomic E-state index is 13.2. The fourth-order valence-corrected chi connectivity index (χ4v) is 6.00. The summed E-state index contributed by atoms with van der Waals surface area (Å²) in [5, 5.41) is 0. The second-order valence-corrected chi connectivity index (χ2v) is 8.74. The number of ether oxygens (including phenoxy) is 1. The van der Waals surface area contributed by atoms with Gasteiger partial charge in [-0.2, -0.15) is 0 Å². The molecule has 0 radical (unpaired) electrons. The van der Waals surface area contributed by atoms with Crippen LogP contribution in [0.25, 0.3) is 11.1 Å². The molecule has 0 spiro atoms. The molecular weight excluding hydrogens is 392 g/mol. The Hall–Kier alpha value is -2.99. The second kappa shape index (κ2) is 7.31. The summed E-state index contributed by atoms with van der Waals surface area (Å²) in [6.07, 6.45) is 2.29. The van der Waals surface area contributed by atoms with Crippen LogP contribution in [0, 0.1) is 11.8 Å². The number of carbonyl (C=O) groups excluding carboxylic acids is 3. The van der Waals surface area contributed by atoms with E-state index >= 15 is 0 Å². The van der Waals surface area contributed by atoms with Crippen LogP contribution in [-0.4, -0.2) is 53.8 Å². The minimum atomic E-state index is -1.07. The summed E-state index contributed by atoms with van der Waals surface area (Å²) in [4.78, 5) is 42.8. The Morgan fingerprint density at radius 2 is 1.65 bits per heavy atom. The molecule has 3 saturated heterocycles. The van der Waals surface area contributed by atoms with Crippen molar-refractivity contribution in [1.29, 1.82) is 0 Å². The molecule has 2 aromatic rings. The number of rotatable bonds is 3. The lowest BCUT2D eigenvalue weighted by Crippen LogP contribution is -2.59. The van der Waals surface area contributed by atoms with Gasteiger partial charge in [0, 0.05) is 13.1 Å². The molecule has 3 fully saturated rings. The van der Waals surface area contributed by atoms with Crippen molar-refractivity contribution in [1.82, 2.24) is 9.80 Å². The second-order valence-electron chi connectivity index (χ2n) is 8.74. The number of methoxy groups -OCH3 is 1. The first-order chi connectivity index (χ1) is 15.0. The van der Waals surface area contributed by atoms with Crippen molar-refractivity contribution in [2.24, 2.45) is 11.8 Å². The highest BCUT2D eigenvalue weighted by Crippen LogP contribution is 2.58. The highest BCUT2D eigenvalue weighted by atomic mass is 16.5. The first-order valence-electron chi connectivity index (χ1n) is 10.8. The van der Waals surface area contributed by atoms with Gasteiger partial charge < -0.3 is 4.74 Å². The van der Waals surface area contributed by atoms with Crippen LogP contribution in [0.4, 0.5) is 0 Å². The van der Waals surface area contributed by atoms with Crippen LogP contribution in [0.1, 0.15) is 30.9 Å². The lowest BCUT2D eigenvalue weighted by Gasteiger charge is -2.44. The Morgan fingerprint density at radius 3 is 2.32 bits per heavy atom. The van der Waals surface area contributed by atoms with Crippen molar-refractivity contribution in [3.8, 4) is 11.1 Å². The summed E-state index contributed by atoms with van der Waals surface area (Å²) >= 11 is 0. The van der Waals surface area contributed by atoms with Crippen molar-refractivity contribution in [3.63, 3.8) is 0 Å². The number of amides is 2. The zero-order valence-electron chi connectivity index (χ0n) is 17.8. The molecule has 0 aromatic heterocycles. The number of fused-ring (bicyclic) bond motifs is 3. The molecule has 0 unspecified atom stereocenters. The van der Waals surface area contributed by atoms with Crippen LogP contribution in [0.5, 0.6) is 0 Å². The predicted molar refractivity (Wildman–Crippen MR) is 115 cm³/mol. The molecule has 2 aromatic carbocycles. The van der Waals surface area contributed by atoms with E-state index in [1.807, 2.05) is 42.5 Å². The van der Waals surface area contributed by atoms with E-state index in [0.29, 0.717) is 13.0 Å². The molecule has 0 saturated carbocycles. The molecule has 0 aliphatic carbocycles. The van der Waals surface area contributed by atoms with E-state index in [0.717, 1.165) is 29.5 Å². The molecule has 3 aliphatic rings. The molecule has 160 valence electrons. The lowest BCUT2D eigenvalue weighted by atomic mass is 9.75. The minimum absolute atomic E-state index is 0.204. The topological polar surface area (TPSA) is 66.9 Å². The van der Waals surface area contributed by atoms with Gasteiger partial charge in [0.05, 0.1) is 18.9 Å². The minimum Gasteiger partial charge on any atom is -0.468 e. The molecule has 31 heavy (non-hydrogen) atoms. The third kappa shape index (κ3) is 2.71. The fraction of sp³-hybridized carbons (Fsp3) is 0.400. The van der Waals surface area contributed by atoms with Crippen LogP contribution in [0.15, 0.2) is 54.6 Å². The number of likely N-dealkylation sites (tertiary alicyclic amines) is 1. The predicted octanol–water partition coefficient (Wildman–Crippen LogP) is 3.04. The van der Waals surface area contributed by atoms with E-state index in [9.17, 15) is 14.4 Å². The van der Waals surface area contributed by atoms with Crippen LogP contribution in [0.2, 0.25) is 0 Å². The van der Waals surface area contributed by atoms with E-state index in [2.05, 4.69) is 17.0 Å². The summed E-state index contributed by atoms with van der Waals surface area (Å²) < 4.78 is 5.22. The molecule has 5 rings (SSSR count). The Labute approximate surface area is 181 Å². The van der Waals surface area contributed by atoms with Crippen molar-refractivity contribution in [2.45, 2.75) is 30.8 Å². The third-order valence-electron chi connectivity index (χ3n) is 7.38. The van der Waals surface area contributed by atoms with Gasteiger partial charge in [0.15, 0.2) is 0 Å². The van der Waals surface area contributed by atoms with Crippen LogP contribution in [-0.2, 0) is 19.1 Å². The summed E-state index contributed by atoms with van der Waals surface area (Å²) in [5.74, 6) is -2.14. The molecule has 0 bridgehead atoms.